The minimum Gasteiger partial charge on any atom is -0.405 e. The SMILES string of the molecule is FC(F)(F)Oc1ccccc1-c1cccc2c1[C@@H]1CCNCC[C@@H]1N2. The van der Waals surface area contributed by atoms with Crippen LogP contribution in [0.2, 0.25) is 0 Å². The average Bonchev–Trinajstić information content (AvgIpc) is 2.76. The lowest BCUT2D eigenvalue weighted by atomic mass is 9.85. The molecule has 2 aromatic rings. The Balaban J connectivity index is 1.80. The zero-order chi connectivity index (χ0) is 17.4. The second kappa shape index (κ2) is 6.26. The monoisotopic (exact) mass is 348 g/mol. The maximum absolute atomic E-state index is 12.8. The summed E-state index contributed by atoms with van der Waals surface area (Å²) in [7, 11) is 0. The molecule has 4 rings (SSSR count). The van der Waals surface area contributed by atoms with Crippen molar-refractivity contribution in [1.29, 1.82) is 0 Å². The number of hydrogen-bond donors (Lipinski definition) is 2. The number of ether oxygens (including phenoxy) is 1. The van der Waals surface area contributed by atoms with E-state index in [9.17, 15) is 13.2 Å². The molecule has 1 fully saturated rings. The summed E-state index contributed by atoms with van der Waals surface area (Å²) in [6.45, 7) is 1.86. The van der Waals surface area contributed by atoms with Gasteiger partial charge >= 0.3 is 6.36 Å². The van der Waals surface area contributed by atoms with E-state index in [2.05, 4.69) is 15.4 Å². The first-order chi connectivity index (χ1) is 12.0. The number of benzene rings is 2. The maximum Gasteiger partial charge on any atom is 0.573 e. The van der Waals surface area contributed by atoms with E-state index in [0.29, 0.717) is 17.5 Å². The second-order valence-electron chi connectivity index (χ2n) is 6.50. The van der Waals surface area contributed by atoms with Crippen molar-refractivity contribution in [2.75, 3.05) is 18.4 Å². The minimum atomic E-state index is -4.71. The lowest BCUT2D eigenvalue weighted by Gasteiger charge is -2.19. The molecular formula is C19H19F3N2O. The molecule has 2 N–H and O–H groups in total. The highest BCUT2D eigenvalue weighted by atomic mass is 19.4. The molecule has 3 nitrogen and oxygen atoms in total. The lowest BCUT2D eigenvalue weighted by Crippen LogP contribution is -2.21. The van der Waals surface area contributed by atoms with Crippen LogP contribution in [0.4, 0.5) is 18.9 Å². The summed E-state index contributed by atoms with van der Waals surface area (Å²) in [6.07, 6.45) is -2.75. The molecule has 0 amide bonds. The van der Waals surface area contributed by atoms with Gasteiger partial charge in [-0.05, 0) is 49.2 Å². The van der Waals surface area contributed by atoms with E-state index >= 15 is 0 Å². The van der Waals surface area contributed by atoms with Crippen LogP contribution in [0.1, 0.15) is 24.3 Å². The smallest absolute Gasteiger partial charge is 0.405 e. The van der Waals surface area contributed by atoms with Crippen molar-refractivity contribution in [3.8, 4) is 16.9 Å². The average molecular weight is 348 g/mol. The summed E-state index contributed by atoms with van der Waals surface area (Å²) in [4.78, 5) is 0. The highest BCUT2D eigenvalue weighted by Gasteiger charge is 2.36. The zero-order valence-corrected chi connectivity index (χ0v) is 13.6. The van der Waals surface area contributed by atoms with Crippen molar-refractivity contribution in [3.05, 3.63) is 48.0 Å². The summed E-state index contributed by atoms with van der Waals surface area (Å²) in [5.74, 6) is 0.138. The molecule has 0 bridgehead atoms. The highest BCUT2D eigenvalue weighted by Crippen LogP contribution is 2.47. The lowest BCUT2D eigenvalue weighted by molar-refractivity contribution is -0.274. The van der Waals surface area contributed by atoms with Gasteiger partial charge in [-0.3, -0.25) is 0 Å². The third kappa shape index (κ3) is 3.18. The molecule has 0 unspecified atom stereocenters. The molecule has 2 aliphatic heterocycles. The Morgan fingerprint density at radius 3 is 2.52 bits per heavy atom. The summed E-state index contributed by atoms with van der Waals surface area (Å²) in [6, 6.07) is 12.5. The Morgan fingerprint density at radius 1 is 0.920 bits per heavy atom. The molecule has 2 aromatic carbocycles. The van der Waals surface area contributed by atoms with Gasteiger partial charge in [0.15, 0.2) is 0 Å². The van der Waals surface area contributed by atoms with Crippen LogP contribution in [0.15, 0.2) is 42.5 Å². The van der Waals surface area contributed by atoms with E-state index in [-0.39, 0.29) is 5.75 Å². The van der Waals surface area contributed by atoms with Crippen LogP contribution in [-0.4, -0.2) is 25.5 Å². The zero-order valence-electron chi connectivity index (χ0n) is 13.6. The fourth-order valence-electron chi connectivity index (χ4n) is 3.99. The normalized spacial score (nSPS) is 22.5. The van der Waals surface area contributed by atoms with E-state index in [4.69, 9.17) is 0 Å². The molecule has 2 heterocycles. The second-order valence-corrected chi connectivity index (χ2v) is 6.50. The van der Waals surface area contributed by atoms with Crippen LogP contribution in [0.3, 0.4) is 0 Å². The summed E-state index contributed by atoms with van der Waals surface area (Å²) < 4.78 is 42.6. The van der Waals surface area contributed by atoms with Gasteiger partial charge in [0.2, 0.25) is 0 Å². The Bertz CT molecular complexity index is 776. The maximum atomic E-state index is 12.8. The standard InChI is InChI=1S/C19H19F3N2O/c20-19(21,22)25-17-7-2-1-4-12(17)13-5-3-6-16-18(13)14-8-10-23-11-9-15(14)24-16/h1-7,14-15,23-24H,8-11H2/t14-,15+/m1/s1. The minimum absolute atomic E-state index is 0.154. The summed E-state index contributed by atoms with van der Waals surface area (Å²) >= 11 is 0. The van der Waals surface area contributed by atoms with Crippen molar-refractivity contribution < 1.29 is 17.9 Å². The molecule has 6 heteroatoms. The van der Waals surface area contributed by atoms with E-state index in [0.717, 1.165) is 42.7 Å². The molecular weight excluding hydrogens is 329 g/mol. The number of rotatable bonds is 2. The molecule has 2 aliphatic rings. The third-order valence-corrected chi connectivity index (χ3v) is 4.97. The van der Waals surface area contributed by atoms with Crippen LogP contribution < -0.4 is 15.4 Å². The van der Waals surface area contributed by atoms with Gasteiger partial charge in [-0.15, -0.1) is 13.2 Å². The Labute approximate surface area is 144 Å². The molecule has 132 valence electrons. The van der Waals surface area contributed by atoms with E-state index in [1.165, 1.54) is 6.07 Å². The van der Waals surface area contributed by atoms with E-state index < -0.39 is 6.36 Å². The quantitative estimate of drug-likeness (QED) is 0.838. The van der Waals surface area contributed by atoms with Gasteiger partial charge in [-0.25, -0.2) is 0 Å². The summed E-state index contributed by atoms with van der Waals surface area (Å²) in [5.41, 5.74) is 3.43. The van der Waals surface area contributed by atoms with Gasteiger partial charge < -0.3 is 15.4 Å². The first kappa shape index (κ1) is 16.3. The highest BCUT2D eigenvalue weighted by molar-refractivity contribution is 5.81. The van der Waals surface area contributed by atoms with E-state index in [1.54, 1.807) is 18.2 Å². The van der Waals surface area contributed by atoms with Crippen molar-refractivity contribution in [2.45, 2.75) is 31.2 Å². The number of alkyl halides is 3. The number of halogens is 3. The Kier molecular flexibility index (Phi) is 4.07. The van der Waals surface area contributed by atoms with Gasteiger partial charge in [0, 0.05) is 23.2 Å². The Morgan fingerprint density at radius 2 is 1.68 bits per heavy atom. The van der Waals surface area contributed by atoms with Crippen LogP contribution >= 0.6 is 0 Å². The number of para-hydroxylation sites is 1. The predicted octanol–water partition coefficient (Wildman–Crippen LogP) is 4.51. The van der Waals surface area contributed by atoms with Crippen LogP contribution in [-0.2, 0) is 0 Å². The Hall–Kier alpha value is -2.21. The van der Waals surface area contributed by atoms with Crippen LogP contribution in [0.5, 0.6) is 5.75 Å². The topological polar surface area (TPSA) is 33.3 Å². The number of nitrogens with one attached hydrogen (secondary N) is 2. The molecule has 0 saturated carbocycles. The van der Waals surface area contributed by atoms with E-state index in [1.807, 2.05) is 18.2 Å². The van der Waals surface area contributed by atoms with Crippen LogP contribution in [0, 0.1) is 0 Å². The van der Waals surface area contributed by atoms with Crippen molar-refractivity contribution >= 4 is 5.69 Å². The fourth-order valence-corrected chi connectivity index (χ4v) is 3.99. The molecule has 1 saturated heterocycles. The largest absolute Gasteiger partial charge is 0.573 e. The predicted molar refractivity (Wildman–Crippen MR) is 90.8 cm³/mol. The summed E-state index contributed by atoms with van der Waals surface area (Å²) in [5, 5.41) is 6.95. The fraction of sp³-hybridized carbons (Fsp3) is 0.368. The number of hydrogen-bond acceptors (Lipinski definition) is 3. The van der Waals surface area contributed by atoms with Crippen molar-refractivity contribution in [3.63, 3.8) is 0 Å². The van der Waals surface area contributed by atoms with Gasteiger partial charge in [-0.1, -0.05) is 30.3 Å². The van der Waals surface area contributed by atoms with Gasteiger partial charge in [0.05, 0.1) is 0 Å². The van der Waals surface area contributed by atoms with Gasteiger partial charge in [-0.2, -0.15) is 0 Å². The first-order valence-electron chi connectivity index (χ1n) is 8.48. The van der Waals surface area contributed by atoms with Crippen molar-refractivity contribution in [1.82, 2.24) is 5.32 Å². The first-order valence-corrected chi connectivity index (χ1v) is 8.48. The molecule has 0 spiro atoms. The molecule has 0 radical (unpaired) electrons. The van der Waals surface area contributed by atoms with Crippen LogP contribution in [0.25, 0.3) is 11.1 Å². The molecule has 25 heavy (non-hydrogen) atoms. The van der Waals surface area contributed by atoms with Crippen molar-refractivity contribution in [2.24, 2.45) is 0 Å². The molecule has 2 atom stereocenters. The molecule has 0 aliphatic carbocycles. The molecule has 0 aromatic heterocycles. The van der Waals surface area contributed by atoms with Gasteiger partial charge in [0.1, 0.15) is 5.75 Å². The van der Waals surface area contributed by atoms with Gasteiger partial charge in [0.25, 0.3) is 0 Å². The third-order valence-electron chi connectivity index (χ3n) is 4.97. The number of fused-ring (bicyclic) bond motifs is 3. The number of anilines is 1.